The number of hydrogen-bond acceptors (Lipinski definition) is 7. The highest BCUT2D eigenvalue weighted by Gasteiger charge is 2.21. The van der Waals surface area contributed by atoms with Crippen molar-refractivity contribution in [1.29, 1.82) is 0 Å². The second-order valence-electron chi connectivity index (χ2n) is 10.2. The first-order valence-electron chi connectivity index (χ1n) is 13.0. The first-order valence-corrected chi connectivity index (χ1v) is 16.0. The van der Waals surface area contributed by atoms with Crippen molar-refractivity contribution >= 4 is 31.8 Å². The lowest BCUT2D eigenvalue weighted by atomic mass is 9.93. The quantitative estimate of drug-likeness (QED) is 0.243. The number of amides is 2. The minimum atomic E-state index is -4.07. The molecular weight excluding hydrogens is 566 g/mol. The molecule has 6 N–H and O–H groups in total. The van der Waals surface area contributed by atoms with Crippen molar-refractivity contribution in [3.63, 3.8) is 0 Å². The van der Waals surface area contributed by atoms with Gasteiger partial charge in [-0.3, -0.25) is 0 Å². The molecule has 0 aliphatic carbocycles. The van der Waals surface area contributed by atoms with Gasteiger partial charge in [0, 0.05) is 5.69 Å². The first kappa shape index (κ1) is 33.9. The number of benzene rings is 3. The van der Waals surface area contributed by atoms with Gasteiger partial charge in [-0.1, -0.05) is 70.2 Å². The highest BCUT2D eigenvalue weighted by atomic mass is 32.2. The van der Waals surface area contributed by atoms with Crippen molar-refractivity contribution in [2.45, 2.75) is 75.4 Å². The van der Waals surface area contributed by atoms with Crippen molar-refractivity contribution in [2.75, 3.05) is 5.32 Å². The van der Waals surface area contributed by atoms with Crippen LogP contribution in [0.5, 0.6) is 0 Å². The third-order valence-electron chi connectivity index (χ3n) is 6.16. The summed E-state index contributed by atoms with van der Waals surface area (Å²) in [6, 6.07) is 16.8. The van der Waals surface area contributed by atoms with Crippen LogP contribution in [0, 0.1) is 0 Å². The second kappa shape index (κ2) is 14.1. The Labute approximate surface area is 242 Å². The Bertz CT molecular complexity index is 1540. The Morgan fingerprint density at radius 3 is 1.54 bits per heavy atom. The fraction of sp³-hybridized carbons (Fsp3) is 0.345. The molecule has 3 rings (SSSR count). The summed E-state index contributed by atoms with van der Waals surface area (Å²) in [5.74, 6) is 0.321. The number of hydrogen-bond donors (Lipinski definition) is 5. The molecule has 0 spiro atoms. The molecule has 0 aliphatic heterocycles. The number of carbonyl (C=O) groups is 1. The van der Waals surface area contributed by atoms with Crippen LogP contribution < -0.4 is 15.2 Å². The van der Waals surface area contributed by atoms with Gasteiger partial charge in [-0.15, -0.1) is 0 Å². The van der Waals surface area contributed by atoms with Crippen molar-refractivity contribution in [2.24, 2.45) is 5.14 Å². The highest BCUT2D eigenvalue weighted by molar-refractivity contribution is 7.90. The second-order valence-corrected chi connectivity index (χ2v) is 13.5. The minimum absolute atomic E-state index is 0.0194. The number of nitrogens with two attached hydrogens (primary N) is 1. The maximum atomic E-state index is 12.6. The number of urea groups is 1. The number of rotatable bonds is 8. The Morgan fingerprint density at radius 2 is 1.12 bits per heavy atom. The van der Waals surface area contributed by atoms with Gasteiger partial charge in [-0.2, -0.15) is 0 Å². The molecule has 41 heavy (non-hydrogen) atoms. The van der Waals surface area contributed by atoms with Gasteiger partial charge in [0.2, 0.25) is 10.0 Å². The zero-order chi connectivity index (χ0) is 31.1. The van der Waals surface area contributed by atoms with Crippen molar-refractivity contribution in [1.82, 2.24) is 4.72 Å². The smallest absolute Gasteiger partial charge is 0.333 e. The van der Waals surface area contributed by atoms with Gasteiger partial charge < -0.3 is 15.5 Å². The van der Waals surface area contributed by atoms with E-state index in [2.05, 4.69) is 10.0 Å². The molecule has 0 heterocycles. The fourth-order valence-electron chi connectivity index (χ4n) is 3.91. The highest BCUT2D eigenvalue weighted by Crippen LogP contribution is 2.32. The number of aliphatic hydroxyl groups excluding tert-OH is 2. The van der Waals surface area contributed by atoms with E-state index in [0.717, 1.165) is 11.1 Å². The number of carbonyl (C=O) groups excluding carboxylic acids is 1. The Hall–Kier alpha value is -3.29. The summed E-state index contributed by atoms with van der Waals surface area (Å²) in [6.45, 7) is 11.2. The summed E-state index contributed by atoms with van der Waals surface area (Å²) < 4.78 is 49.1. The predicted molar refractivity (Wildman–Crippen MR) is 159 cm³/mol. The maximum Gasteiger partial charge on any atom is 0.333 e. The predicted octanol–water partition coefficient (Wildman–Crippen LogP) is 4.88. The van der Waals surface area contributed by atoms with Gasteiger partial charge in [0.15, 0.2) is 0 Å². The monoisotopic (exact) mass is 605 g/mol. The van der Waals surface area contributed by atoms with E-state index < -0.39 is 38.3 Å². The van der Waals surface area contributed by atoms with Crippen LogP contribution in [-0.4, -0.2) is 33.1 Å². The van der Waals surface area contributed by atoms with Crippen LogP contribution in [0.1, 0.15) is 87.8 Å². The third kappa shape index (κ3) is 9.65. The first-order chi connectivity index (χ1) is 18.9. The summed E-state index contributed by atoms with van der Waals surface area (Å²) in [5, 5.41) is 26.5. The molecule has 10 nitrogen and oxygen atoms in total. The van der Waals surface area contributed by atoms with Gasteiger partial charge >= 0.3 is 6.03 Å². The third-order valence-corrected chi connectivity index (χ3v) is 8.40. The molecule has 224 valence electrons. The lowest BCUT2D eigenvalue weighted by Gasteiger charge is -2.20. The summed E-state index contributed by atoms with van der Waals surface area (Å²) in [5.41, 5.74) is 3.50. The molecule has 3 aromatic carbocycles. The van der Waals surface area contributed by atoms with E-state index in [0.29, 0.717) is 16.8 Å². The van der Waals surface area contributed by atoms with Crippen LogP contribution in [0.3, 0.4) is 0 Å². The molecule has 0 fully saturated rings. The van der Waals surface area contributed by atoms with E-state index in [1.54, 1.807) is 32.0 Å². The van der Waals surface area contributed by atoms with Crippen molar-refractivity contribution in [3.05, 3.63) is 89.0 Å². The zero-order valence-electron chi connectivity index (χ0n) is 24.0. The standard InChI is InChI=1S/C21H28N2O4S.C8H11NO3S/c1-13(2)18-10-7-11-19(14(3)4)20(18)22-21(25)23-28(26,27)17-9-6-8-16(12-17)15(5)24;1-6(10)7-3-2-4-8(5-7)13(9,11)12/h6-15,24H,1-5H3,(H2,22,23,25);2-6,10H,1H3,(H2,9,11,12). The van der Waals surface area contributed by atoms with E-state index in [1.165, 1.54) is 30.3 Å². The number of anilines is 1. The number of primary sulfonamides is 1. The van der Waals surface area contributed by atoms with E-state index in [-0.39, 0.29) is 21.6 Å². The topological polar surface area (TPSA) is 176 Å². The molecule has 3 aromatic rings. The van der Waals surface area contributed by atoms with Gasteiger partial charge in [0.1, 0.15) is 0 Å². The minimum Gasteiger partial charge on any atom is -0.389 e. The van der Waals surface area contributed by atoms with Gasteiger partial charge in [-0.05, 0) is 72.2 Å². The summed E-state index contributed by atoms with van der Waals surface area (Å²) in [7, 11) is -7.74. The maximum absolute atomic E-state index is 12.6. The van der Waals surface area contributed by atoms with Crippen LogP contribution in [0.2, 0.25) is 0 Å². The van der Waals surface area contributed by atoms with E-state index in [4.69, 9.17) is 5.14 Å². The van der Waals surface area contributed by atoms with Crippen LogP contribution in [0.15, 0.2) is 76.5 Å². The van der Waals surface area contributed by atoms with Gasteiger partial charge in [0.25, 0.3) is 10.0 Å². The number of para-hydroxylation sites is 1. The molecule has 0 aromatic heterocycles. The summed E-state index contributed by atoms with van der Waals surface area (Å²) >= 11 is 0. The molecule has 2 unspecified atom stereocenters. The van der Waals surface area contributed by atoms with Gasteiger partial charge in [0.05, 0.1) is 22.0 Å². The molecule has 0 radical (unpaired) electrons. The van der Waals surface area contributed by atoms with E-state index in [1.807, 2.05) is 45.9 Å². The normalized spacial score (nSPS) is 13.2. The van der Waals surface area contributed by atoms with Crippen molar-refractivity contribution in [3.8, 4) is 0 Å². The summed E-state index contributed by atoms with van der Waals surface area (Å²) in [6.07, 6.45) is -1.50. The lowest BCUT2D eigenvalue weighted by molar-refractivity contribution is 0.198. The number of nitrogens with one attached hydrogen (secondary N) is 2. The fourth-order valence-corrected chi connectivity index (χ4v) is 5.44. The Morgan fingerprint density at radius 1 is 0.707 bits per heavy atom. The molecule has 0 bridgehead atoms. The molecule has 2 atom stereocenters. The Balaban J connectivity index is 0.000000377. The SMILES string of the molecule is CC(C)c1cccc(C(C)C)c1NC(=O)NS(=O)(=O)c1cccc(C(C)O)c1.CC(O)c1cccc(S(N)(=O)=O)c1. The van der Waals surface area contributed by atoms with Crippen molar-refractivity contribution < 1.29 is 31.8 Å². The van der Waals surface area contributed by atoms with E-state index >= 15 is 0 Å². The molecule has 0 saturated heterocycles. The Kier molecular flexibility index (Phi) is 11.6. The largest absolute Gasteiger partial charge is 0.389 e. The van der Waals surface area contributed by atoms with Crippen LogP contribution in [0.4, 0.5) is 10.5 Å². The van der Waals surface area contributed by atoms with Crippen LogP contribution in [0.25, 0.3) is 0 Å². The van der Waals surface area contributed by atoms with Crippen LogP contribution >= 0.6 is 0 Å². The molecule has 2 amide bonds. The van der Waals surface area contributed by atoms with Gasteiger partial charge in [-0.25, -0.2) is 31.5 Å². The molecule has 0 saturated carbocycles. The molecule has 12 heteroatoms. The van der Waals surface area contributed by atoms with Crippen LogP contribution in [-0.2, 0) is 20.0 Å². The molecular formula is C29H39N3O7S2. The van der Waals surface area contributed by atoms with E-state index in [9.17, 15) is 31.8 Å². The lowest BCUT2D eigenvalue weighted by Crippen LogP contribution is -2.35. The number of aliphatic hydroxyl groups is 2. The zero-order valence-corrected chi connectivity index (χ0v) is 25.6. The molecule has 0 aliphatic rings. The average Bonchev–Trinajstić information content (AvgIpc) is 2.88. The summed E-state index contributed by atoms with van der Waals surface area (Å²) in [4.78, 5) is 12.5. The average molecular weight is 606 g/mol. The number of sulfonamides is 2.